The van der Waals surface area contributed by atoms with Crippen LogP contribution in [0.25, 0.3) is 0 Å². The molecule has 0 spiro atoms. The molecule has 0 aliphatic carbocycles. The molecule has 0 bridgehead atoms. The molecule has 0 fully saturated rings. The van der Waals surface area contributed by atoms with Gasteiger partial charge in [0.25, 0.3) is 0 Å². The number of nitrogens with two attached hydrogens (primary N) is 1. The summed E-state index contributed by atoms with van der Waals surface area (Å²) >= 11 is 5.22. The van der Waals surface area contributed by atoms with E-state index in [1.807, 2.05) is 19.9 Å². The molecule has 4 nitrogen and oxygen atoms in total. The second kappa shape index (κ2) is 6.18. The highest BCUT2D eigenvalue weighted by atomic mass is 32.1. The van der Waals surface area contributed by atoms with E-state index in [1.165, 1.54) is 5.56 Å². The van der Waals surface area contributed by atoms with Gasteiger partial charge < -0.3 is 10.6 Å². The van der Waals surface area contributed by atoms with Gasteiger partial charge in [-0.1, -0.05) is 24.4 Å². The lowest BCUT2D eigenvalue weighted by molar-refractivity contribution is 0.898. The van der Waals surface area contributed by atoms with E-state index in [4.69, 9.17) is 18.0 Å². The minimum Gasteiger partial charge on any atom is -0.389 e. The third-order valence-electron chi connectivity index (χ3n) is 3.57. The summed E-state index contributed by atoms with van der Waals surface area (Å²) in [6.45, 7) is 8.79. The molecule has 0 amide bonds. The molecular weight excluding hydrogens is 280 g/mol. The maximum Gasteiger partial charge on any atom is 0.166 e. The highest BCUT2D eigenvalue weighted by Gasteiger charge is 2.19. The van der Waals surface area contributed by atoms with E-state index < -0.39 is 0 Å². The van der Waals surface area contributed by atoms with Crippen molar-refractivity contribution in [3.63, 3.8) is 0 Å². The summed E-state index contributed by atoms with van der Waals surface area (Å²) in [6.07, 6.45) is 0. The maximum atomic E-state index is 5.92. The maximum absolute atomic E-state index is 5.92. The monoisotopic (exact) mass is 300 g/mol. The third-order valence-corrected chi connectivity index (χ3v) is 3.77. The summed E-state index contributed by atoms with van der Waals surface area (Å²) < 4.78 is 0. The van der Waals surface area contributed by atoms with Crippen LogP contribution in [0.3, 0.4) is 0 Å². The topological polar surface area (TPSA) is 55.0 Å². The number of aryl methyl sites for hydroxylation is 2. The van der Waals surface area contributed by atoms with Crippen molar-refractivity contribution in [2.24, 2.45) is 5.73 Å². The second-order valence-corrected chi connectivity index (χ2v) is 5.50. The Hall–Kier alpha value is -2.01. The Morgan fingerprint density at radius 2 is 1.95 bits per heavy atom. The Morgan fingerprint density at radius 1 is 1.24 bits per heavy atom. The van der Waals surface area contributed by atoms with Crippen molar-refractivity contribution in [3.8, 4) is 0 Å². The van der Waals surface area contributed by atoms with Crippen molar-refractivity contribution in [3.05, 3.63) is 46.6 Å². The lowest BCUT2D eigenvalue weighted by atomic mass is 10.1. The zero-order chi connectivity index (χ0) is 15.6. The van der Waals surface area contributed by atoms with Gasteiger partial charge in [0.1, 0.15) is 4.99 Å². The minimum absolute atomic E-state index is 0.353. The van der Waals surface area contributed by atoms with Crippen LogP contribution in [-0.2, 0) is 0 Å². The molecule has 0 atom stereocenters. The van der Waals surface area contributed by atoms with Gasteiger partial charge in [-0.15, -0.1) is 5.10 Å². The molecule has 0 saturated carbocycles. The largest absolute Gasteiger partial charge is 0.389 e. The summed E-state index contributed by atoms with van der Waals surface area (Å²) in [5, 5.41) is 8.58. The summed E-state index contributed by atoms with van der Waals surface area (Å²) in [7, 11) is 0. The highest BCUT2D eigenvalue weighted by Crippen LogP contribution is 2.29. The van der Waals surface area contributed by atoms with Crippen LogP contribution in [0.1, 0.15) is 29.3 Å². The molecule has 110 valence electrons. The molecule has 0 saturated heterocycles. The first-order chi connectivity index (χ1) is 9.95. The Morgan fingerprint density at radius 3 is 2.52 bits per heavy atom. The van der Waals surface area contributed by atoms with Crippen LogP contribution in [0.15, 0.2) is 24.3 Å². The molecule has 0 aliphatic rings. The van der Waals surface area contributed by atoms with Crippen LogP contribution in [0.2, 0.25) is 0 Å². The molecule has 2 N–H and O–H groups in total. The number of anilines is 2. The molecule has 0 aliphatic heterocycles. The molecule has 1 aromatic carbocycles. The van der Waals surface area contributed by atoms with Crippen molar-refractivity contribution in [2.75, 3.05) is 11.4 Å². The van der Waals surface area contributed by atoms with Crippen molar-refractivity contribution in [1.29, 1.82) is 0 Å². The molecule has 21 heavy (non-hydrogen) atoms. The zero-order valence-corrected chi connectivity index (χ0v) is 13.7. The minimum atomic E-state index is 0.353. The Labute approximate surface area is 131 Å². The number of nitrogens with zero attached hydrogens (tertiary/aromatic N) is 3. The molecule has 2 rings (SSSR count). The first kappa shape index (κ1) is 15.4. The third kappa shape index (κ3) is 3.03. The fourth-order valence-corrected chi connectivity index (χ4v) is 2.57. The van der Waals surface area contributed by atoms with E-state index in [0.717, 1.165) is 34.9 Å². The fraction of sp³-hybridized carbons (Fsp3) is 0.312. The Bertz CT molecular complexity index is 682. The van der Waals surface area contributed by atoms with Gasteiger partial charge in [-0.3, -0.25) is 0 Å². The average molecular weight is 300 g/mol. The Kier molecular flexibility index (Phi) is 4.53. The lowest BCUT2D eigenvalue weighted by Gasteiger charge is -2.25. The SMILES string of the molecule is CCN(c1cccc(C)c1)c1nnc(C)c(C)c1C(N)=S. The van der Waals surface area contributed by atoms with Crippen molar-refractivity contribution < 1.29 is 0 Å². The molecule has 2 aromatic rings. The van der Waals surface area contributed by atoms with E-state index in [0.29, 0.717) is 4.99 Å². The van der Waals surface area contributed by atoms with Crippen molar-refractivity contribution >= 4 is 28.7 Å². The quantitative estimate of drug-likeness (QED) is 0.879. The van der Waals surface area contributed by atoms with Crippen LogP contribution >= 0.6 is 12.2 Å². The van der Waals surface area contributed by atoms with Crippen LogP contribution in [0, 0.1) is 20.8 Å². The first-order valence-corrected chi connectivity index (χ1v) is 7.34. The van der Waals surface area contributed by atoms with Gasteiger partial charge in [0.15, 0.2) is 5.82 Å². The highest BCUT2D eigenvalue weighted by molar-refractivity contribution is 7.80. The van der Waals surface area contributed by atoms with E-state index in [9.17, 15) is 0 Å². The number of hydrogen-bond donors (Lipinski definition) is 1. The molecule has 1 aromatic heterocycles. The second-order valence-electron chi connectivity index (χ2n) is 5.06. The first-order valence-electron chi connectivity index (χ1n) is 6.93. The van der Waals surface area contributed by atoms with Crippen LogP contribution < -0.4 is 10.6 Å². The molecule has 5 heteroatoms. The molecule has 0 radical (unpaired) electrons. The van der Waals surface area contributed by atoms with E-state index in [-0.39, 0.29) is 0 Å². The normalized spacial score (nSPS) is 10.5. The zero-order valence-electron chi connectivity index (χ0n) is 12.8. The summed E-state index contributed by atoms with van der Waals surface area (Å²) in [6, 6.07) is 8.26. The molecule has 1 heterocycles. The average Bonchev–Trinajstić information content (AvgIpc) is 2.43. The van der Waals surface area contributed by atoms with Crippen LogP contribution in [0.4, 0.5) is 11.5 Å². The number of thiocarbonyl (C=S) groups is 1. The summed E-state index contributed by atoms with van der Waals surface area (Å²) in [4.78, 5) is 2.44. The van der Waals surface area contributed by atoms with E-state index in [2.05, 4.69) is 47.1 Å². The number of rotatable bonds is 4. The predicted octanol–water partition coefficient (Wildman–Crippen LogP) is 3.19. The smallest absolute Gasteiger partial charge is 0.166 e. The number of hydrogen-bond acceptors (Lipinski definition) is 4. The van der Waals surface area contributed by atoms with Gasteiger partial charge in [0.05, 0.1) is 11.3 Å². The Balaban J connectivity index is 2.63. The van der Waals surface area contributed by atoms with Gasteiger partial charge in [-0.2, -0.15) is 5.10 Å². The summed E-state index contributed by atoms with van der Waals surface area (Å²) in [5.74, 6) is 0.721. The molecular formula is C16H20N4S. The number of benzene rings is 1. The van der Waals surface area contributed by atoms with Crippen LogP contribution in [0.5, 0.6) is 0 Å². The lowest BCUT2D eigenvalue weighted by Crippen LogP contribution is -2.24. The van der Waals surface area contributed by atoms with E-state index in [1.54, 1.807) is 0 Å². The summed E-state index contributed by atoms with van der Waals surface area (Å²) in [5.41, 5.74) is 10.8. The van der Waals surface area contributed by atoms with Gasteiger partial charge in [-0.05, 0) is 51.0 Å². The van der Waals surface area contributed by atoms with Gasteiger partial charge >= 0.3 is 0 Å². The molecule has 0 unspecified atom stereocenters. The van der Waals surface area contributed by atoms with Crippen molar-refractivity contribution in [2.45, 2.75) is 27.7 Å². The fourth-order valence-electron chi connectivity index (χ4n) is 2.33. The van der Waals surface area contributed by atoms with Gasteiger partial charge in [-0.25, -0.2) is 0 Å². The standard InChI is InChI=1S/C16H20N4S/c1-5-20(13-8-6-7-10(2)9-13)16-14(15(17)21)11(3)12(4)18-19-16/h6-9H,5H2,1-4H3,(H2,17,21). The number of aromatic nitrogens is 2. The van der Waals surface area contributed by atoms with Gasteiger partial charge in [0.2, 0.25) is 0 Å². The van der Waals surface area contributed by atoms with Crippen molar-refractivity contribution in [1.82, 2.24) is 10.2 Å². The van der Waals surface area contributed by atoms with Crippen LogP contribution in [-0.4, -0.2) is 21.7 Å². The predicted molar refractivity (Wildman–Crippen MR) is 91.3 cm³/mol. The van der Waals surface area contributed by atoms with E-state index >= 15 is 0 Å². The van der Waals surface area contributed by atoms with Gasteiger partial charge in [0, 0.05) is 12.2 Å².